The molecule has 2 amide bonds. The number of aromatic nitrogens is 4. The van der Waals surface area contributed by atoms with E-state index in [0.29, 0.717) is 5.56 Å². The highest BCUT2D eigenvalue weighted by Crippen LogP contribution is 2.31. The van der Waals surface area contributed by atoms with Crippen molar-refractivity contribution < 1.29 is 23.1 Å². The Hall–Kier alpha value is -4.65. The minimum atomic E-state index is -0.809. The summed E-state index contributed by atoms with van der Waals surface area (Å²) < 4.78 is 37.4. The number of nitrogens with zero attached hydrogens (tertiary/aromatic N) is 7. The van der Waals surface area contributed by atoms with Gasteiger partial charge in [0.2, 0.25) is 0 Å². The maximum atomic E-state index is 15.3. The van der Waals surface area contributed by atoms with E-state index in [1.807, 2.05) is 24.3 Å². The molecule has 2 aliphatic rings. The molecule has 39 heavy (non-hydrogen) atoms. The van der Waals surface area contributed by atoms with Crippen molar-refractivity contribution in [3.8, 4) is 0 Å². The van der Waals surface area contributed by atoms with Crippen molar-refractivity contribution in [2.75, 3.05) is 42.5 Å². The molecule has 4 heterocycles. The Balaban J connectivity index is 1.15. The number of cyclic esters (lactones) is 1. The van der Waals surface area contributed by atoms with E-state index in [-0.39, 0.29) is 56.6 Å². The molecule has 0 saturated carbocycles. The standard InChI is InChI=1S/C26H24F2N8O3/c27-21-12-19(35-16-20(39-26(35)38)15-34-8-5-30-32-34)13-22(28)24(21)33-7-6-31-36(10-9-33)25(37)18-11-17-3-1-2-4-23(17)29-14-18/h1-5,8,11-14,20,31H,6-7,9-10,15-16H2/t20-/m0/s1. The number of benzene rings is 2. The zero-order chi connectivity index (χ0) is 26.9. The van der Waals surface area contributed by atoms with Gasteiger partial charge in [0.05, 0.1) is 42.6 Å². The van der Waals surface area contributed by atoms with Gasteiger partial charge in [-0.1, -0.05) is 23.4 Å². The third-order valence-electron chi connectivity index (χ3n) is 6.73. The van der Waals surface area contributed by atoms with Crippen LogP contribution >= 0.6 is 0 Å². The quantitative estimate of drug-likeness (QED) is 0.416. The SMILES string of the molecule is O=C(c1cnc2ccccc2c1)N1CCN(c2c(F)cc(N3C[C@H](Cn4ccnn4)OC3=O)cc2F)CCN1. The van der Waals surface area contributed by atoms with Crippen LogP contribution in [-0.2, 0) is 11.3 Å². The molecular weight excluding hydrogens is 510 g/mol. The van der Waals surface area contributed by atoms with Crippen molar-refractivity contribution in [1.29, 1.82) is 0 Å². The van der Waals surface area contributed by atoms with Crippen molar-refractivity contribution in [1.82, 2.24) is 30.4 Å². The number of para-hydroxylation sites is 1. The van der Waals surface area contributed by atoms with Gasteiger partial charge in [0.15, 0.2) is 11.6 Å². The number of pyridine rings is 1. The monoisotopic (exact) mass is 534 g/mol. The van der Waals surface area contributed by atoms with Crippen LogP contribution in [0.1, 0.15) is 10.4 Å². The molecule has 2 saturated heterocycles. The number of halogens is 2. The zero-order valence-electron chi connectivity index (χ0n) is 20.7. The highest BCUT2D eigenvalue weighted by molar-refractivity contribution is 5.97. The molecule has 2 aromatic carbocycles. The number of fused-ring (bicyclic) bond motifs is 1. The second-order valence-corrected chi connectivity index (χ2v) is 9.27. The molecule has 6 rings (SSSR count). The average Bonchev–Trinajstić information content (AvgIpc) is 3.50. The van der Waals surface area contributed by atoms with Crippen molar-refractivity contribution in [2.45, 2.75) is 12.6 Å². The number of anilines is 2. The highest BCUT2D eigenvalue weighted by Gasteiger charge is 2.34. The molecule has 2 aromatic heterocycles. The van der Waals surface area contributed by atoms with Crippen LogP contribution in [0.2, 0.25) is 0 Å². The molecular formula is C26H24F2N8O3. The van der Waals surface area contributed by atoms with E-state index >= 15 is 8.78 Å². The first-order valence-corrected chi connectivity index (χ1v) is 12.4. The lowest BCUT2D eigenvalue weighted by Gasteiger charge is -2.25. The Morgan fingerprint density at radius 1 is 1.10 bits per heavy atom. The normalized spacial score (nSPS) is 17.9. The van der Waals surface area contributed by atoms with Gasteiger partial charge in [-0.3, -0.25) is 19.7 Å². The van der Waals surface area contributed by atoms with Crippen LogP contribution in [0.25, 0.3) is 10.9 Å². The van der Waals surface area contributed by atoms with Crippen LogP contribution in [0.15, 0.2) is 61.1 Å². The first-order valence-electron chi connectivity index (χ1n) is 12.4. The number of ether oxygens (including phenoxy) is 1. The van der Waals surface area contributed by atoms with E-state index in [1.165, 1.54) is 27.0 Å². The fraction of sp³-hybridized carbons (Fsp3) is 0.269. The third kappa shape index (κ3) is 4.95. The predicted molar refractivity (Wildman–Crippen MR) is 137 cm³/mol. The van der Waals surface area contributed by atoms with Gasteiger partial charge in [0.25, 0.3) is 5.91 Å². The van der Waals surface area contributed by atoms with Gasteiger partial charge in [-0.25, -0.2) is 23.7 Å². The summed E-state index contributed by atoms with van der Waals surface area (Å²) in [5, 5.41) is 9.84. The van der Waals surface area contributed by atoms with Crippen LogP contribution in [-0.4, -0.2) is 75.8 Å². The molecule has 0 radical (unpaired) electrons. The fourth-order valence-corrected chi connectivity index (χ4v) is 4.85. The molecule has 1 atom stereocenters. The first kappa shape index (κ1) is 24.7. The molecule has 11 nitrogen and oxygen atoms in total. The Kier molecular flexibility index (Phi) is 6.49. The number of carbonyl (C=O) groups is 2. The van der Waals surface area contributed by atoms with Crippen LogP contribution in [0, 0.1) is 11.6 Å². The molecule has 1 N–H and O–H groups in total. The zero-order valence-corrected chi connectivity index (χ0v) is 20.7. The number of nitrogens with one attached hydrogen (secondary N) is 1. The van der Waals surface area contributed by atoms with Crippen LogP contribution < -0.4 is 15.2 Å². The van der Waals surface area contributed by atoms with Crippen LogP contribution in [0.3, 0.4) is 0 Å². The molecule has 0 bridgehead atoms. The van der Waals surface area contributed by atoms with Gasteiger partial charge in [-0.15, -0.1) is 5.10 Å². The molecule has 0 spiro atoms. The lowest BCUT2D eigenvalue weighted by atomic mass is 10.1. The highest BCUT2D eigenvalue weighted by atomic mass is 19.1. The van der Waals surface area contributed by atoms with E-state index in [1.54, 1.807) is 17.2 Å². The van der Waals surface area contributed by atoms with Crippen LogP contribution in [0.4, 0.5) is 25.0 Å². The maximum Gasteiger partial charge on any atom is 0.414 e. The summed E-state index contributed by atoms with van der Waals surface area (Å²) in [7, 11) is 0. The van der Waals surface area contributed by atoms with Crippen LogP contribution in [0.5, 0.6) is 0 Å². The fourth-order valence-electron chi connectivity index (χ4n) is 4.85. The number of amides is 2. The predicted octanol–water partition coefficient (Wildman–Crippen LogP) is 2.60. The Morgan fingerprint density at radius 3 is 2.72 bits per heavy atom. The Bertz CT molecular complexity index is 1510. The van der Waals surface area contributed by atoms with E-state index in [0.717, 1.165) is 23.0 Å². The van der Waals surface area contributed by atoms with Gasteiger partial charge in [-0.05, 0) is 12.1 Å². The van der Waals surface area contributed by atoms with Crippen molar-refractivity contribution >= 4 is 34.3 Å². The van der Waals surface area contributed by atoms with Gasteiger partial charge in [0.1, 0.15) is 11.8 Å². The molecule has 200 valence electrons. The second kappa shape index (κ2) is 10.3. The largest absolute Gasteiger partial charge is 0.442 e. The maximum absolute atomic E-state index is 15.3. The average molecular weight is 535 g/mol. The Labute approximate surface area is 221 Å². The van der Waals surface area contributed by atoms with Gasteiger partial charge < -0.3 is 9.64 Å². The topological polar surface area (TPSA) is 109 Å². The number of hydrogen-bond acceptors (Lipinski definition) is 8. The lowest BCUT2D eigenvalue weighted by Crippen LogP contribution is -2.43. The van der Waals surface area contributed by atoms with E-state index in [9.17, 15) is 9.59 Å². The summed E-state index contributed by atoms with van der Waals surface area (Å²) in [6, 6.07) is 11.5. The Morgan fingerprint density at radius 2 is 1.92 bits per heavy atom. The van der Waals surface area contributed by atoms with E-state index in [4.69, 9.17) is 4.74 Å². The van der Waals surface area contributed by atoms with Crippen molar-refractivity contribution in [3.05, 3.63) is 78.3 Å². The molecule has 2 fully saturated rings. The second-order valence-electron chi connectivity index (χ2n) is 9.27. The molecule has 0 aliphatic carbocycles. The number of hydrogen-bond donors (Lipinski definition) is 1. The van der Waals surface area contributed by atoms with E-state index in [2.05, 4.69) is 20.7 Å². The summed E-state index contributed by atoms with van der Waals surface area (Å²) >= 11 is 0. The number of carbonyl (C=O) groups excluding carboxylic acids is 2. The van der Waals surface area contributed by atoms with Gasteiger partial charge >= 0.3 is 6.09 Å². The number of hydrazine groups is 1. The minimum absolute atomic E-state index is 0.0633. The molecule has 13 heteroatoms. The molecule has 0 unspecified atom stereocenters. The van der Waals surface area contributed by atoms with Gasteiger partial charge in [0, 0.05) is 49.5 Å². The van der Waals surface area contributed by atoms with Crippen molar-refractivity contribution in [2.24, 2.45) is 0 Å². The number of rotatable bonds is 5. The smallest absolute Gasteiger partial charge is 0.414 e. The molecule has 4 aromatic rings. The van der Waals surface area contributed by atoms with E-state index < -0.39 is 23.8 Å². The summed E-state index contributed by atoms with van der Waals surface area (Å²) in [6.45, 7) is 1.32. The van der Waals surface area contributed by atoms with Crippen molar-refractivity contribution in [3.63, 3.8) is 0 Å². The minimum Gasteiger partial charge on any atom is -0.442 e. The molecule has 2 aliphatic heterocycles. The summed E-state index contributed by atoms with van der Waals surface area (Å²) in [6.07, 6.45) is 3.43. The summed E-state index contributed by atoms with van der Waals surface area (Å²) in [4.78, 5) is 32.6. The van der Waals surface area contributed by atoms with Gasteiger partial charge in [-0.2, -0.15) is 0 Å². The summed E-state index contributed by atoms with van der Waals surface area (Å²) in [5.74, 6) is -1.90. The lowest BCUT2D eigenvalue weighted by molar-refractivity contribution is 0.0681. The third-order valence-corrected chi connectivity index (χ3v) is 6.73. The summed E-state index contributed by atoms with van der Waals surface area (Å²) in [5.41, 5.74) is 4.09. The first-order chi connectivity index (χ1) is 19.0.